The summed E-state index contributed by atoms with van der Waals surface area (Å²) in [5.74, 6) is 1.64. The molecular weight excluding hydrogens is 430 g/mol. The number of rotatable bonds is 15. The number of nitrogens with one attached hydrogen (secondary N) is 1. The van der Waals surface area contributed by atoms with Crippen molar-refractivity contribution < 1.29 is 19.4 Å². The van der Waals surface area contributed by atoms with E-state index in [1.807, 2.05) is 18.2 Å². The largest absolute Gasteiger partial charge is 0.493 e. The standard InChI is InChI=1S/C27H47N3O4/c1-20(2)22(16-24(28)25(31)19-30-13-9-10-21(3)18-30)17-29-27(32)23-11-5-6-12-26(23)34-15-8-7-14-33-4/h5-6,11-12,20-22,24-25,31H,7-10,13-19,28H2,1-4H3,(H,29,32)/t21?,22-,24+,25+/m1/s1. The van der Waals surface area contributed by atoms with Crippen LogP contribution in [0.25, 0.3) is 0 Å². The van der Waals surface area contributed by atoms with Crippen molar-refractivity contribution in [3.8, 4) is 5.75 Å². The van der Waals surface area contributed by atoms with E-state index in [9.17, 15) is 9.90 Å². The normalized spacial score (nSPS) is 19.6. The fourth-order valence-corrected chi connectivity index (χ4v) is 4.58. The first kappa shape index (κ1) is 28.6. The minimum atomic E-state index is -0.561. The molecule has 1 amide bonds. The number of carbonyl (C=O) groups excluding carboxylic acids is 1. The SMILES string of the molecule is COCCCCOc1ccccc1C(=O)NC[C@@H](C[C@H](N)[C@@H](O)CN1CCCC(C)C1)C(C)C. The molecular formula is C27H47N3O4. The number of para-hydroxylation sites is 1. The van der Waals surface area contributed by atoms with Gasteiger partial charge in [-0.15, -0.1) is 0 Å². The molecule has 1 aliphatic heterocycles. The fourth-order valence-electron chi connectivity index (χ4n) is 4.58. The maximum atomic E-state index is 12.9. The van der Waals surface area contributed by atoms with Crippen LogP contribution in [0.4, 0.5) is 0 Å². The number of amides is 1. The Kier molecular flexibility index (Phi) is 12.9. The summed E-state index contributed by atoms with van der Waals surface area (Å²) in [6.45, 7) is 11.0. The number of carbonyl (C=O) groups is 1. The van der Waals surface area contributed by atoms with Gasteiger partial charge < -0.3 is 30.5 Å². The molecule has 1 aromatic rings. The smallest absolute Gasteiger partial charge is 0.255 e. The van der Waals surface area contributed by atoms with E-state index in [0.29, 0.717) is 55.9 Å². The molecule has 2 rings (SSSR count). The number of nitrogens with two attached hydrogens (primary N) is 1. The number of β-amino-alcohol motifs (C(OH)–C–C–N with tert-alkyl or cyclic N) is 1. The van der Waals surface area contributed by atoms with Crippen LogP contribution in [0.3, 0.4) is 0 Å². The summed E-state index contributed by atoms with van der Waals surface area (Å²) in [5, 5.41) is 13.8. The number of ether oxygens (including phenoxy) is 2. The maximum absolute atomic E-state index is 12.9. The van der Waals surface area contributed by atoms with Gasteiger partial charge in [0.1, 0.15) is 5.75 Å². The molecule has 0 aromatic heterocycles. The Labute approximate surface area is 206 Å². The highest BCUT2D eigenvalue weighted by Gasteiger charge is 2.26. The van der Waals surface area contributed by atoms with Crippen LogP contribution < -0.4 is 15.8 Å². The molecule has 1 aliphatic rings. The van der Waals surface area contributed by atoms with Gasteiger partial charge >= 0.3 is 0 Å². The number of unbranched alkanes of at least 4 members (excludes halogenated alkanes) is 1. The van der Waals surface area contributed by atoms with E-state index < -0.39 is 6.10 Å². The van der Waals surface area contributed by atoms with Crippen molar-refractivity contribution in [3.63, 3.8) is 0 Å². The molecule has 1 unspecified atom stereocenters. The van der Waals surface area contributed by atoms with Gasteiger partial charge in [0.15, 0.2) is 0 Å². The molecule has 4 N–H and O–H groups in total. The van der Waals surface area contributed by atoms with E-state index in [-0.39, 0.29) is 17.9 Å². The van der Waals surface area contributed by atoms with Gasteiger partial charge in [-0.3, -0.25) is 4.79 Å². The molecule has 1 heterocycles. The van der Waals surface area contributed by atoms with Crippen LogP contribution >= 0.6 is 0 Å². The van der Waals surface area contributed by atoms with Crippen molar-refractivity contribution in [1.82, 2.24) is 10.2 Å². The lowest BCUT2D eigenvalue weighted by molar-refractivity contribution is 0.0625. The zero-order chi connectivity index (χ0) is 24.9. The van der Waals surface area contributed by atoms with Crippen molar-refractivity contribution in [2.75, 3.05) is 46.5 Å². The van der Waals surface area contributed by atoms with Crippen LogP contribution in [0.15, 0.2) is 24.3 Å². The zero-order valence-electron chi connectivity index (χ0n) is 21.7. The highest BCUT2D eigenvalue weighted by atomic mass is 16.5. The molecule has 7 nitrogen and oxygen atoms in total. The van der Waals surface area contributed by atoms with Gasteiger partial charge in [0.25, 0.3) is 5.91 Å². The number of piperidine rings is 1. The molecule has 0 radical (unpaired) electrons. The third-order valence-corrected chi connectivity index (χ3v) is 6.86. The first-order chi connectivity index (χ1) is 16.3. The summed E-state index contributed by atoms with van der Waals surface area (Å²) in [6, 6.07) is 7.03. The van der Waals surface area contributed by atoms with E-state index in [1.54, 1.807) is 13.2 Å². The highest BCUT2D eigenvalue weighted by molar-refractivity contribution is 5.96. The van der Waals surface area contributed by atoms with Crippen LogP contribution in [0, 0.1) is 17.8 Å². The Morgan fingerprint density at radius 2 is 2.00 bits per heavy atom. The second-order valence-corrected chi connectivity index (χ2v) is 10.2. The van der Waals surface area contributed by atoms with Gasteiger partial charge in [0.2, 0.25) is 0 Å². The molecule has 0 saturated carbocycles. The number of benzene rings is 1. The van der Waals surface area contributed by atoms with Crippen LogP contribution in [0.5, 0.6) is 5.75 Å². The van der Waals surface area contributed by atoms with Gasteiger partial charge in [-0.05, 0) is 68.5 Å². The minimum absolute atomic E-state index is 0.144. The number of methoxy groups -OCH3 is 1. The lowest BCUT2D eigenvalue weighted by atomic mass is 9.87. The number of likely N-dealkylation sites (tertiary alicyclic amines) is 1. The Bertz CT molecular complexity index is 715. The van der Waals surface area contributed by atoms with Crippen molar-refractivity contribution in [3.05, 3.63) is 29.8 Å². The van der Waals surface area contributed by atoms with E-state index in [4.69, 9.17) is 15.2 Å². The van der Waals surface area contributed by atoms with E-state index in [2.05, 4.69) is 31.0 Å². The predicted octanol–water partition coefficient (Wildman–Crippen LogP) is 3.30. The van der Waals surface area contributed by atoms with Gasteiger partial charge in [-0.2, -0.15) is 0 Å². The van der Waals surface area contributed by atoms with Crippen LogP contribution in [0.2, 0.25) is 0 Å². The third-order valence-electron chi connectivity index (χ3n) is 6.86. The highest BCUT2D eigenvalue weighted by Crippen LogP contribution is 2.21. The Morgan fingerprint density at radius 3 is 2.71 bits per heavy atom. The van der Waals surface area contributed by atoms with Crippen molar-refractivity contribution in [2.24, 2.45) is 23.5 Å². The molecule has 0 bridgehead atoms. The molecule has 1 aromatic carbocycles. The molecule has 0 aliphatic carbocycles. The van der Waals surface area contributed by atoms with Gasteiger partial charge in [0.05, 0.1) is 18.3 Å². The summed E-state index contributed by atoms with van der Waals surface area (Å²) in [5.41, 5.74) is 6.96. The number of aliphatic hydroxyl groups excluding tert-OH is 1. The molecule has 0 spiro atoms. The average Bonchev–Trinajstić information content (AvgIpc) is 2.81. The quantitative estimate of drug-likeness (QED) is 0.335. The van der Waals surface area contributed by atoms with Crippen molar-refractivity contribution in [2.45, 2.75) is 65.0 Å². The van der Waals surface area contributed by atoms with E-state index in [0.717, 1.165) is 25.9 Å². The molecule has 7 heteroatoms. The summed E-state index contributed by atoms with van der Waals surface area (Å²) < 4.78 is 10.9. The van der Waals surface area contributed by atoms with Gasteiger partial charge in [0, 0.05) is 39.4 Å². The Balaban J connectivity index is 1.86. The van der Waals surface area contributed by atoms with Crippen molar-refractivity contribution >= 4 is 5.91 Å². The Hall–Kier alpha value is -1.67. The summed E-state index contributed by atoms with van der Waals surface area (Å²) in [7, 11) is 1.69. The molecule has 1 saturated heterocycles. The number of aliphatic hydroxyl groups is 1. The average molecular weight is 478 g/mol. The fraction of sp³-hybridized carbons (Fsp3) is 0.741. The summed E-state index contributed by atoms with van der Waals surface area (Å²) in [6.07, 6.45) is 4.34. The number of nitrogens with zero attached hydrogens (tertiary/aromatic N) is 1. The number of hydrogen-bond acceptors (Lipinski definition) is 6. The Morgan fingerprint density at radius 1 is 1.26 bits per heavy atom. The summed E-state index contributed by atoms with van der Waals surface area (Å²) >= 11 is 0. The van der Waals surface area contributed by atoms with E-state index in [1.165, 1.54) is 12.8 Å². The molecule has 4 atom stereocenters. The topological polar surface area (TPSA) is 97.0 Å². The van der Waals surface area contributed by atoms with Crippen LogP contribution in [-0.2, 0) is 4.74 Å². The zero-order valence-corrected chi connectivity index (χ0v) is 21.7. The molecule has 34 heavy (non-hydrogen) atoms. The van der Waals surface area contributed by atoms with E-state index >= 15 is 0 Å². The van der Waals surface area contributed by atoms with Crippen LogP contribution in [-0.4, -0.2) is 74.6 Å². The predicted molar refractivity (Wildman–Crippen MR) is 137 cm³/mol. The maximum Gasteiger partial charge on any atom is 0.255 e. The summed E-state index contributed by atoms with van der Waals surface area (Å²) in [4.78, 5) is 15.3. The lowest BCUT2D eigenvalue weighted by Crippen LogP contribution is -2.48. The minimum Gasteiger partial charge on any atom is -0.493 e. The first-order valence-corrected chi connectivity index (χ1v) is 13.0. The second-order valence-electron chi connectivity index (χ2n) is 10.2. The molecule has 1 fully saturated rings. The van der Waals surface area contributed by atoms with Gasteiger partial charge in [-0.25, -0.2) is 0 Å². The lowest BCUT2D eigenvalue weighted by Gasteiger charge is -2.34. The van der Waals surface area contributed by atoms with Crippen LogP contribution in [0.1, 0.15) is 63.2 Å². The monoisotopic (exact) mass is 477 g/mol. The molecule has 194 valence electrons. The second kappa shape index (κ2) is 15.4. The third kappa shape index (κ3) is 9.90. The van der Waals surface area contributed by atoms with Crippen molar-refractivity contribution in [1.29, 1.82) is 0 Å². The van der Waals surface area contributed by atoms with Gasteiger partial charge in [-0.1, -0.05) is 32.9 Å². The first-order valence-electron chi connectivity index (χ1n) is 13.0. The number of hydrogen-bond donors (Lipinski definition) is 3.